The SMILES string of the molecule is O=C(NC1CCCC1)[C@@H](c1cccnc1)N(C(=O)c1csnn1)C1CC1. The Hall–Kier alpha value is -2.35. The largest absolute Gasteiger partial charge is 0.351 e. The lowest BCUT2D eigenvalue weighted by Crippen LogP contribution is -2.47. The lowest BCUT2D eigenvalue weighted by Gasteiger charge is -2.31. The van der Waals surface area contributed by atoms with Gasteiger partial charge in [-0.05, 0) is 43.3 Å². The number of nitrogens with zero attached hydrogens (tertiary/aromatic N) is 4. The molecule has 1 N–H and O–H groups in total. The lowest BCUT2D eigenvalue weighted by atomic mass is 10.0. The van der Waals surface area contributed by atoms with Crippen LogP contribution in [-0.2, 0) is 4.79 Å². The standard InChI is InChI=1S/C18H21N5O2S/c24-17(20-13-5-1-2-6-13)16(12-4-3-9-19-10-12)23(14-7-8-14)18(25)15-11-26-22-21-15/h3-4,9-11,13-14,16H,1-2,5-8H2,(H,20,24)/t16-/m1/s1. The van der Waals surface area contributed by atoms with Gasteiger partial charge in [0.05, 0.1) is 0 Å². The van der Waals surface area contributed by atoms with E-state index in [0.29, 0.717) is 5.69 Å². The fraction of sp³-hybridized carbons (Fsp3) is 0.500. The van der Waals surface area contributed by atoms with Gasteiger partial charge in [0.25, 0.3) is 5.91 Å². The average molecular weight is 371 g/mol. The smallest absolute Gasteiger partial charge is 0.276 e. The number of hydrogen-bond acceptors (Lipinski definition) is 6. The second kappa shape index (κ2) is 7.49. The van der Waals surface area contributed by atoms with E-state index >= 15 is 0 Å². The quantitative estimate of drug-likeness (QED) is 0.842. The van der Waals surface area contributed by atoms with Crippen molar-refractivity contribution >= 4 is 23.3 Å². The van der Waals surface area contributed by atoms with Crippen LogP contribution in [0.15, 0.2) is 29.9 Å². The van der Waals surface area contributed by atoms with Crippen molar-refractivity contribution in [3.05, 3.63) is 41.2 Å². The third kappa shape index (κ3) is 3.60. The number of nitrogens with one attached hydrogen (secondary N) is 1. The average Bonchev–Trinajstić information content (AvgIpc) is 3.12. The van der Waals surface area contributed by atoms with Gasteiger partial charge >= 0.3 is 0 Å². The van der Waals surface area contributed by atoms with Crippen molar-refractivity contribution in [3.8, 4) is 0 Å². The third-order valence-corrected chi connectivity index (χ3v) is 5.49. The fourth-order valence-corrected chi connectivity index (χ4v) is 3.99. The minimum atomic E-state index is -0.689. The van der Waals surface area contributed by atoms with Gasteiger partial charge in [-0.1, -0.05) is 23.4 Å². The van der Waals surface area contributed by atoms with Gasteiger partial charge in [-0.25, -0.2) is 0 Å². The van der Waals surface area contributed by atoms with Crippen molar-refractivity contribution in [2.45, 2.75) is 56.7 Å². The number of carbonyl (C=O) groups excluding carboxylic acids is 2. The zero-order valence-electron chi connectivity index (χ0n) is 14.4. The number of hydrogen-bond donors (Lipinski definition) is 1. The first kappa shape index (κ1) is 17.1. The molecule has 2 aromatic rings. The second-order valence-corrected chi connectivity index (χ2v) is 7.52. The molecular formula is C18H21N5O2S. The molecule has 0 spiro atoms. The summed E-state index contributed by atoms with van der Waals surface area (Å²) >= 11 is 1.14. The Bertz CT molecular complexity index is 757. The summed E-state index contributed by atoms with van der Waals surface area (Å²) in [6, 6.07) is 3.22. The summed E-state index contributed by atoms with van der Waals surface area (Å²) in [5.41, 5.74) is 1.02. The molecule has 2 aliphatic carbocycles. The molecule has 1 atom stereocenters. The van der Waals surface area contributed by atoms with Crippen LogP contribution in [0.4, 0.5) is 0 Å². The predicted molar refractivity (Wildman–Crippen MR) is 96.5 cm³/mol. The van der Waals surface area contributed by atoms with E-state index in [9.17, 15) is 9.59 Å². The highest BCUT2D eigenvalue weighted by molar-refractivity contribution is 7.03. The Morgan fingerprint density at radius 1 is 1.23 bits per heavy atom. The molecular weight excluding hydrogens is 350 g/mol. The van der Waals surface area contributed by atoms with E-state index < -0.39 is 6.04 Å². The molecule has 2 heterocycles. The number of rotatable bonds is 6. The van der Waals surface area contributed by atoms with Gasteiger partial charge in [0, 0.05) is 35.4 Å². The summed E-state index contributed by atoms with van der Waals surface area (Å²) in [6.07, 6.45) is 9.41. The van der Waals surface area contributed by atoms with Crippen molar-refractivity contribution in [1.82, 2.24) is 24.8 Å². The van der Waals surface area contributed by atoms with Crippen LogP contribution in [0.3, 0.4) is 0 Å². The topological polar surface area (TPSA) is 88.1 Å². The molecule has 26 heavy (non-hydrogen) atoms. The Kier molecular flexibility index (Phi) is 4.92. The number of aromatic nitrogens is 3. The first-order chi connectivity index (χ1) is 12.7. The third-order valence-electron chi connectivity index (χ3n) is 4.98. The van der Waals surface area contributed by atoms with E-state index in [1.807, 2.05) is 6.07 Å². The molecule has 8 heteroatoms. The van der Waals surface area contributed by atoms with Gasteiger partial charge in [-0.15, -0.1) is 5.10 Å². The Labute approximate surface area is 156 Å². The van der Waals surface area contributed by atoms with E-state index in [2.05, 4.69) is 19.9 Å². The van der Waals surface area contributed by atoms with Crippen LogP contribution < -0.4 is 5.32 Å². The fourth-order valence-electron chi connectivity index (χ4n) is 3.56. The second-order valence-electron chi connectivity index (χ2n) is 6.91. The first-order valence-electron chi connectivity index (χ1n) is 9.04. The highest BCUT2D eigenvalue weighted by atomic mass is 32.1. The molecule has 2 saturated carbocycles. The van der Waals surface area contributed by atoms with Crippen molar-refractivity contribution in [2.24, 2.45) is 0 Å². The van der Waals surface area contributed by atoms with Crippen LogP contribution in [0, 0.1) is 0 Å². The minimum absolute atomic E-state index is 0.0590. The van der Waals surface area contributed by atoms with Gasteiger partial charge < -0.3 is 10.2 Å². The summed E-state index contributed by atoms with van der Waals surface area (Å²) in [6.45, 7) is 0. The van der Waals surface area contributed by atoms with Crippen LogP contribution in [0.1, 0.15) is 60.6 Å². The van der Waals surface area contributed by atoms with Gasteiger partial charge in [0.15, 0.2) is 5.69 Å². The van der Waals surface area contributed by atoms with Crippen LogP contribution in [0.5, 0.6) is 0 Å². The number of pyridine rings is 1. The van der Waals surface area contributed by atoms with Crippen molar-refractivity contribution < 1.29 is 9.59 Å². The summed E-state index contributed by atoms with van der Waals surface area (Å²) in [7, 11) is 0. The molecule has 0 unspecified atom stereocenters. The molecule has 2 aromatic heterocycles. The molecule has 2 aliphatic rings. The molecule has 7 nitrogen and oxygen atoms in total. The van der Waals surface area contributed by atoms with Crippen molar-refractivity contribution in [3.63, 3.8) is 0 Å². The van der Waals surface area contributed by atoms with Crippen molar-refractivity contribution in [2.75, 3.05) is 0 Å². The molecule has 2 amide bonds. The van der Waals surface area contributed by atoms with Crippen molar-refractivity contribution in [1.29, 1.82) is 0 Å². The Morgan fingerprint density at radius 3 is 2.65 bits per heavy atom. The molecule has 0 radical (unpaired) electrons. The zero-order chi connectivity index (χ0) is 17.9. The molecule has 136 valence electrons. The summed E-state index contributed by atoms with van der Waals surface area (Å²) in [4.78, 5) is 32.1. The zero-order valence-corrected chi connectivity index (χ0v) is 15.2. The van der Waals surface area contributed by atoms with E-state index in [1.165, 1.54) is 0 Å². The van der Waals surface area contributed by atoms with Crippen LogP contribution in [-0.4, -0.2) is 43.4 Å². The molecule has 0 aromatic carbocycles. The minimum Gasteiger partial charge on any atom is -0.351 e. The van der Waals surface area contributed by atoms with Crippen LogP contribution in [0.25, 0.3) is 0 Å². The summed E-state index contributed by atoms with van der Waals surface area (Å²) in [5, 5.41) is 8.69. The normalized spacial score (nSPS) is 18.5. The number of carbonyl (C=O) groups is 2. The maximum absolute atomic E-state index is 13.2. The molecule has 2 fully saturated rings. The van der Waals surface area contributed by atoms with Gasteiger partial charge in [0.2, 0.25) is 5.91 Å². The maximum Gasteiger partial charge on any atom is 0.276 e. The van der Waals surface area contributed by atoms with E-state index in [0.717, 1.165) is 55.6 Å². The van der Waals surface area contributed by atoms with Crippen LogP contribution in [0.2, 0.25) is 0 Å². The maximum atomic E-state index is 13.2. The molecule has 0 aliphatic heterocycles. The van der Waals surface area contributed by atoms with Gasteiger partial charge in [0.1, 0.15) is 6.04 Å². The van der Waals surface area contributed by atoms with Gasteiger partial charge in [-0.3, -0.25) is 14.6 Å². The molecule has 0 saturated heterocycles. The Balaban J connectivity index is 1.65. The highest BCUT2D eigenvalue weighted by Crippen LogP contribution is 2.36. The first-order valence-corrected chi connectivity index (χ1v) is 9.87. The van der Waals surface area contributed by atoms with E-state index in [1.54, 1.807) is 28.7 Å². The summed E-state index contributed by atoms with van der Waals surface area (Å²) < 4.78 is 3.80. The monoisotopic (exact) mass is 371 g/mol. The van der Waals surface area contributed by atoms with Crippen LogP contribution >= 0.6 is 11.5 Å². The van der Waals surface area contributed by atoms with E-state index in [4.69, 9.17) is 0 Å². The lowest BCUT2D eigenvalue weighted by molar-refractivity contribution is -0.126. The highest BCUT2D eigenvalue weighted by Gasteiger charge is 2.42. The Morgan fingerprint density at radius 2 is 2.04 bits per heavy atom. The van der Waals surface area contributed by atoms with E-state index in [-0.39, 0.29) is 23.9 Å². The number of amides is 2. The molecule has 4 rings (SSSR count). The molecule has 0 bridgehead atoms. The van der Waals surface area contributed by atoms with Gasteiger partial charge in [-0.2, -0.15) is 0 Å². The predicted octanol–water partition coefficient (Wildman–Crippen LogP) is 2.34. The summed E-state index contributed by atoms with van der Waals surface area (Å²) in [5.74, 6) is -0.370.